The number of aliphatic hydroxyl groups excluding tert-OH is 3. The van der Waals surface area contributed by atoms with Crippen LogP contribution in [0.15, 0.2) is 24.3 Å². The summed E-state index contributed by atoms with van der Waals surface area (Å²) >= 11 is 0. The van der Waals surface area contributed by atoms with Gasteiger partial charge in [-0.3, -0.25) is 4.79 Å². The Labute approximate surface area is 229 Å². The van der Waals surface area contributed by atoms with Crippen molar-refractivity contribution < 1.29 is 20.1 Å². The molecular formula is C32H61NO4. The minimum Gasteiger partial charge on any atom is -0.394 e. The maximum Gasteiger partial charge on any atom is 0.223 e. The monoisotopic (exact) mass is 523 g/mol. The number of carbonyl (C=O) groups is 1. The Morgan fingerprint density at radius 3 is 1.76 bits per heavy atom. The first kappa shape index (κ1) is 35.8. The number of hydrogen-bond donors (Lipinski definition) is 4. The fraction of sp³-hybridized carbons (Fsp3) is 0.844. The molecule has 5 heteroatoms. The third-order valence-electron chi connectivity index (χ3n) is 7.03. The first-order chi connectivity index (χ1) is 18.0. The Morgan fingerprint density at radius 1 is 0.703 bits per heavy atom. The highest BCUT2D eigenvalue weighted by Crippen LogP contribution is 2.13. The van der Waals surface area contributed by atoms with Gasteiger partial charge in [0.15, 0.2) is 0 Å². The Hall–Kier alpha value is -1.17. The smallest absolute Gasteiger partial charge is 0.223 e. The molecule has 0 aliphatic heterocycles. The van der Waals surface area contributed by atoms with E-state index in [0.29, 0.717) is 6.42 Å². The van der Waals surface area contributed by atoms with E-state index in [1.165, 1.54) is 96.3 Å². The fourth-order valence-corrected chi connectivity index (χ4v) is 4.58. The van der Waals surface area contributed by atoms with Crippen LogP contribution in [0.25, 0.3) is 0 Å². The molecule has 0 bridgehead atoms. The third kappa shape index (κ3) is 24.9. The molecule has 0 saturated heterocycles. The molecule has 3 unspecified atom stereocenters. The minimum atomic E-state index is -0.866. The van der Waals surface area contributed by atoms with Gasteiger partial charge in [0.2, 0.25) is 5.91 Å². The highest BCUT2D eigenvalue weighted by Gasteiger charge is 2.21. The van der Waals surface area contributed by atoms with Crippen molar-refractivity contribution in [3.63, 3.8) is 0 Å². The lowest BCUT2D eigenvalue weighted by atomic mass is 10.0. The van der Waals surface area contributed by atoms with E-state index in [4.69, 9.17) is 0 Å². The molecule has 1 amide bonds. The van der Waals surface area contributed by atoms with Crippen molar-refractivity contribution in [3.8, 4) is 0 Å². The molecule has 0 rings (SSSR count). The van der Waals surface area contributed by atoms with Crippen molar-refractivity contribution in [1.29, 1.82) is 0 Å². The van der Waals surface area contributed by atoms with Gasteiger partial charge in [-0.15, -0.1) is 0 Å². The van der Waals surface area contributed by atoms with Crippen molar-refractivity contribution in [2.45, 2.75) is 167 Å². The second-order valence-corrected chi connectivity index (χ2v) is 10.7. The summed E-state index contributed by atoms with van der Waals surface area (Å²) in [6, 6.07) is -0.684. The van der Waals surface area contributed by atoms with E-state index in [9.17, 15) is 20.1 Å². The zero-order valence-electron chi connectivity index (χ0n) is 24.3. The van der Waals surface area contributed by atoms with Crippen LogP contribution in [-0.4, -0.2) is 46.1 Å². The Morgan fingerprint density at radius 2 is 1.22 bits per heavy atom. The maximum atomic E-state index is 12.2. The van der Waals surface area contributed by atoms with Crippen molar-refractivity contribution in [1.82, 2.24) is 5.32 Å². The zero-order chi connectivity index (χ0) is 27.4. The summed E-state index contributed by atoms with van der Waals surface area (Å²) in [5.74, 6) is -0.354. The van der Waals surface area contributed by atoms with E-state index in [0.717, 1.165) is 25.7 Å². The number of hydrogen-bond acceptors (Lipinski definition) is 4. The predicted octanol–water partition coefficient (Wildman–Crippen LogP) is 7.53. The van der Waals surface area contributed by atoms with Gasteiger partial charge in [-0.2, -0.15) is 0 Å². The normalized spacial score (nSPS) is 14.4. The maximum absolute atomic E-state index is 12.2. The van der Waals surface area contributed by atoms with Crippen LogP contribution < -0.4 is 5.32 Å². The SMILES string of the molecule is CCCCCCCC/C=C\C/C=C\C(O)CC(=O)NC(CO)C(O)CCCCCCCCCCCCC. The number of unbranched alkanes of at least 4 members (excludes halogenated alkanes) is 16. The van der Waals surface area contributed by atoms with Gasteiger partial charge in [0.25, 0.3) is 0 Å². The van der Waals surface area contributed by atoms with E-state index < -0.39 is 18.2 Å². The number of carbonyl (C=O) groups excluding carboxylic acids is 1. The average molecular weight is 524 g/mol. The molecule has 0 saturated carbocycles. The molecular weight excluding hydrogens is 462 g/mol. The van der Waals surface area contributed by atoms with Gasteiger partial charge in [-0.1, -0.05) is 141 Å². The molecule has 0 aromatic carbocycles. The van der Waals surface area contributed by atoms with Crippen LogP contribution in [0.1, 0.15) is 149 Å². The lowest BCUT2D eigenvalue weighted by molar-refractivity contribution is -0.124. The standard InChI is InChI=1S/C32H61NO4/c1-3-5-7-9-11-13-15-17-19-21-23-25-29(35)27-32(37)33-30(28-34)31(36)26-24-22-20-18-16-14-12-10-8-6-4-2/h17,19,23,25,29-31,34-36H,3-16,18,20-22,24,26-28H2,1-2H3,(H,33,37)/b19-17-,25-23-. The van der Waals surface area contributed by atoms with Crippen molar-refractivity contribution in [3.05, 3.63) is 24.3 Å². The third-order valence-corrected chi connectivity index (χ3v) is 7.03. The largest absolute Gasteiger partial charge is 0.394 e. The zero-order valence-corrected chi connectivity index (χ0v) is 24.3. The topological polar surface area (TPSA) is 89.8 Å². The first-order valence-electron chi connectivity index (χ1n) is 15.6. The molecule has 37 heavy (non-hydrogen) atoms. The number of allylic oxidation sites excluding steroid dienone is 3. The molecule has 4 N–H and O–H groups in total. The lowest BCUT2D eigenvalue weighted by Crippen LogP contribution is -2.46. The summed E-state index contributed by atoms with van der Waals surface area (Å²) in [6.07, 6.45) is 30.0. The van der Waals surface area contributed by atoms with E-state index in [-0.39, 0.29) is 18.9 Å². The van der Waals surface area contributed by atoms with Crippen molar-refractivity contribution >= 4 is 5.91 Å². The summed E-state index contributed by atoms with van der Waals surface area (Å²) in [7, 11) is 0. The molecule has 5 nitrogen and oxygen atoms in total. The predicted molar refractivity (Wildman–Crippen MR) is 158 cm³/mol. The fourth-order valence-electron chi connectivity index (χ4n) is 4.58. The van der Waals surface area contributed by atoms with Crippen LogP contribution >= 0.6 is 0 Å². The van der Waals surface area contributed by atoms with Crippen LogP contribution in [0.4, 0.5) is 0 Å². The molecule has 0 heterocycles. The van der Waals surface area contributed by atoms with Gasteiger partial charge in [-0.05, 0) is 25.7 Å². The molecule has 0 radical (unpaired) electrons. The van der Waals surface area contributed by atoms with Crippen LogP contribution in [0.2, 0.25) is 0 Å². The Kier molecular flexibility index (Phi) is 27.0. The molecule has 0 fully saturated rings. The molecule has 0 aliphatic rings. The number of aliphatic hydroxyl groups is 3. The second-order valence-electron chi connectivity index (χ2n) is 10.7. The van der Waals surface area contributed by atoms with Crippen LogP contribution in [0.3, 0.4) is 0 Å². The van der Waals surface area contributed by atoms with Crippen LogP contribution in [0, 0.1) is 0 Å². The molecule has 3 atom stereocenters. The van der Waals surface area contributed by atoms with Gasteiger partial charge in [-0.25, -0.2) is 0 Å². The highest BCUT2D eigenvalue weighted by atomic mass is 16.3. The van der Waals surface area contributed by atoms with Crippen LogP contribution in [-0.2, 0) is 4.79 Å². The van der Waals surface area contributed by atoms with Gasteiger partial charge in [0.05, 0.1) is 31.3 Å². The van der Waals surface area contributed by atoms with Gasteiger partial charge in [0, 0.05) is 0 Å². The number of amides is 1. The van der Waals surface area contributed by atoms with E-state index >= 15 is 0 Å². The summed E-state index contributed by atoms with van der Waals surface area (Å²) in [6.45, 7) is 4.17. The second kappa shape index (κ2) is 27.9. The molecule has 0 aromatic rings. The summed E-state index contributed by atoms with van der Waals surface area (Å²) < 4.78 is 0. The quantitative estimate of drug-likeness (QED) is 0.0661. The Balaban J connectivity index is 3.87. The average Bonchev–Trinajstić information content (AvgIpc) is 2.88. The van der Waals surface area contributed by atoms with Crippen molar-refractivity contribution in [2.24, 2.45) is 0 Å². The van der Waals surface area contributed by atoms with Gasteiger partial charge < -0.3 is 20.6 Å². The minimum absolute atomic E-state index is 0.0698. The van der Waals surface area contributed by atoms with E-state index in [2.05, 4.69) is 31.3 Å². The Bertz CT molecular complexity index is 549. The van der Waals surface area contributed by atoms with Gasteiger partial charge in [0.1, 0.15) is 0 Å². The molecule has 0 aliphatic carbocycles. The first-order valence-corrected chi connectivity index (χ1v) is 15.6. The van der Waals surface area contributed by atoms with Crippen LogP contribution in [0.5, 0.6) is 0 Å². The molecule has 0 spiro atoms. The van der Waals surface area contributed by atoms with Crippen molar-refractivity contribution in [2.75, 3.05) is 6.61 Å². The summed E-state index contributed by atoms with van der Waals surface area (Å²) in [5, 5.41) is 32.8. The summed E-state index contributed by atoms with van der Waals surface area (Å²) in [5.41, 5.74) is 0. The molecule has 218 valence electrons. The van der Waals surface area contributed by atoms with E-state index in [1.54, 1.807) is 6.08 Å². The lowest BCUT2D eigenvalue weighted by Gasteiger charge is -2.22. The number of rotatable bonds is 27. The molecule has 0 aromatic heterocycles. The van der Waals surface area contributed by atoms with Gasteiger partial charge >= 0.3 is 0 Å². The summed E-state index contributed by atoms with van der Waals surface area (Å²) in [4.78, 5) is 12.2. The number of nitrogens with one attached hydrogen (secondary N) is 1. The van der Waals surface area contributed by atoms with E-state index in [1.807, 2.05) is 6.08 Å². The highest BCUT2D eigenvalue weighted by molar-refractivity contribution is 5.77.